The molecule has 0 fully saturated rings. The zero-order valence-corrected chi connectivity index (χ0v) is 18.4. The third kappa shape index (κ3) is 3.22. The molecule has 3 heterocycles. The zero-order valence-electron chi connectivity index (χ0n) is 17.6. The number of rotatable bonds is 3. The lowest BCUT2D eigenvalue weighted by molar-refractivity contribution is 0.458. The van der Waals surface area contributed by atoms with Crippen LogP contribution in [0, 0.1) is 11.7 Å². The molecule has 2 aromatic carbocycles. The van der Waals surface area contributed by atoms with Crippen LogP contribution in [0.1, 0.15) is 12.5 Å². The maximum atomic E-state index is 14.2. The molecule has 0 bridgehead atoms. The summed E-state index contributed by atoms with van der Waals surface area (Å²) in [5, 5.41) is 0.630. The molecule has 4 aromatic rings. The average Bonchev–Trinajstić information content (AvgIpc) is 3.16. The molecule has 164 valence electrons. The quantitative estimate of drug-likeness (QED) is 0.476. The Kier molecular flexibility index (Phi) is 4.89. The van der Waals surface area contributed by atoms with Crippen molar-refractivity contribution in [3.63, 3.8) is 0 Å². The maximum Gasteiger partial charge on any atom is 0.332 e. The maximum absolute atomic E-state index is 14.2. The zero-order chi connectivity index (χ0) is 22.6. The molecule has 0 amide bonds. The smallest absolute Gasteiger partial charge is 0.312 e. The minimum absolute atomic E-state index is 0.148. The number of benzene rings is 2. The first-order chi connectivity index (χ1) is 15.3. The molecule has 7 nitrogen and oxygen atoms in total. The standard InChI is InChI=1S/C23H21ClFN5O2/c1-14-11-28(17-9-7-16(24)8-10-17)22-26-20-19(29(22)12-14)21(31)30(23(32)27(20)2)13-15-5-3-4-6-18(15)25/h3-10,14H,11-13H2,1-2H3. The lowest BCUT2D eigenvalue weighted by atomic mass is 10.1. The van der Waals surface area contributed by atoms with Gasteiger partial charge in [0.25, 0.3) is 5.56 Å². The molecule has 32 heavy (non-hydrogen) atoms. The highest BCUT2D eigenvalue weighted by atomic mass is 35.5. The number of hydrogen-bond donors (Lipinski definition) is 0. The number of aromatic nitrogens is 4. The molecule has 1 unspecified atom stereocenters. The summed E-state index contributed by atoms with van der Waals surface area (Å²) < 4.78 is 18.5. The molecule has 5 rings (SSSR count). The van der Waals surface area contributed by atoms with E-state index in [1.807, 2.05) is 21.6 Å². The van der Waals surface area contributed by atoms with E-state index in [0.29, 0.717) is 35.2 Å². The van der Waals surface area contributed by atoms with Crippen LogP contribution in [0.15, 0.2) is 58.1 Å². The Morgan fingerprint density at radius 3 is 2.53 bits per heavy atom. The SMILES string of the molecule is CC1CN(c2ccc(Cl)cc2)c2nc3c(c(=O)n(Cc4ccccc4F)c(=O)n3C)n2C1. The first-order valence-corrected chi connectivity index (χ1v) is 10.7. The van der Waals surface area contributed by atoms with Gasteiger partial charge in [-0.15, -0.1) is 0 Å². The second kappa shape index (κ2) is 7.63. The Hall–Kier alpha value is -3.39. The van der Waals surface area contributed by atoms with E-state index in [1.54, 1.807) is 37.4 Å². The van der Waals surface area contributed by atoms with Gasteiger partial charge in [-0.1, -0.05) is 36.7 Å². The van der Waals surface area contributed by atoms with Gasteiger partial charge in [0, 0.05) is 36.4 Å². The Morgan fingerprint density at radius 2 is 1.81 bits per heavy atom. The van der Waals surface area contributed by atoms with E-state index < -0.39 is 17.1 Å². The highest BCUT2D eigenvalue weighted by Crippen LogP contribution is 2.33. The molecule has 1 aliphatic heterocycles. The Labute approximate surface area is 187 Å². The van der Waals surface area contributed by atoms with Crippen LogP contribution in [0.3, 0.4) is 0 Å². The van der Waals surface area contributed by atoms with Crippen molar-refractivity contribution < 1.29 is 4.39 Å². The second-order valence-electron chi connectivity index (χ2n) is 8.21. The minimum Gasteiger partial charge on any atom is -0.312 e. The van der Waals surface area contributed by atoms with Crippen molar-refractivity contribution in [2.24, 2.45) is 13.0 Å². The van der Waals surface area contributed by atoms with Gasteiger partial charge in [0.1, 0.15) is 5.82 Å². The van der Waals surface area contributed by atoms with Gasteiger partial charge in [-0.05, 0) is 36.2 Å². The van der Waals surface area contributed by atoms with Crippen molar-refractivity contribution in [1.82, 2.24) is 18.7 Å². The lowest BCUT2D eigenvalue weighted by Crippen LogP contribution is -2.40. The molecule has 0 spiro atoms. The summed E-state index contributed by atoms with van der Waals surface area (Å²) in [6.45, 7) is 3.24. The molecule has 0 saturated heterocycles. The fourth-order valence-corrected chi connectivity index (χ4v) is 4.41. The first-order valence-electron chi connectivity index (χ1n) is 10.3. The topological polar surface area (TPSA) is 65.1 Å². The van der Waals surface area contributed by atoms with Crippen molar-refractivity contribution in [1.29, 1.82) is 0 Å². The number of aryl methyl sites for hydroxylation is 1. The minimum atomic E-state index is -0.535. The summed E-state index contributed by atoms with van der Waals surface area (Å²) >= 11 is 6.05. The lowest BCUT2D eigenvalue weighted by Gasteiger charge is -2.33. The van der Waals surface area contributed by atoms with Crippen LogP contribution in [0.25, 0.3) is 11.2 Å². The first kappa shape index (κ1) is 20.5. The van der Waals surface area contributed by atoms with Crippen molar-refractivity contribution in [2.45, 2.75) is 20.0 Å². The summed E-state index contributed by atoms with van der Waals surface area (Å²) in [6.07, 6.45) is 0. The van der Waals surface area contributed by atoms with Crippen LogP contribution in [0.5, 0.6) is 0 Å². The van der Waals surface area contributed by atoms with E-state index in [4.69, 9.17) is 11.6 Å². The highest BCUT2D eigenvalue weighted by molar-refractivity contribution is 6.30. The van der Waals surface area contributed by atoms with Crippen LogP contribution in [0.4, 0.5) is 16.0 Å². The van der Waals surface area contributed by atoms with Gasteiger partial charge in [-0.3, -0.25) is 13.9 Å². The largest absolute Gasteiger partial charge is 0.332 e. The van der Waals surface area contributed by atoms with Gasteiger partial charge in [0.15, 0.2) is 11.2 Å². The number of anilines is 2. The molecular formula is C23H21ClFN5O2. The molecule has 9 heteroatoms. The van der Waals surface area contributed by atoms with Gasteiger partial charge >= 0.3 is 5.69 Å². The van der Waals surface area contributed by atoms with Crippen LogP contribution in [-0.2, 0) is 20.1 Å². The fraction of sp³-hybridized carbons (Fsp3) is 0.261. The van der Waals surface area contributed by atoms with Gasteiger partial charge in [0.05, 0.1) is 6.54 Å². The van der Waals surface area contributed by atoms with E-state index >= 15 is 0 Å². The molecule has 0 aliphatic carbocycles. The molecule has 0 radical (unpaired) electrons. The summed E-state index contributed by atoms with van der Waals surface area (Å²) in [5.74, 6) is 0.364. The molecule has 1 atom stereocenters. The number of nitrogens with zero attached hydrogens (tertiary/aromatic N) is 5. The molecule has 0 saturated carbocycles. The van der Waals surface area contributed by atoms with Crippen molar-refractivity contribution in [3.05, 3.63) is 85.8 Å². The summed E-state index contributed by atoms with van der Waals surface area (Å²) in [7, 11) is 1.58. The molecular weight excluding hydrogens is 433 g/mol. The molecule has 2 aromatic heterocycles. The third-order valence-corrected chi connectivity index (χ3v) is 6.12. The average molecular weight is 454 g/mol. The normalized spacial score (nSPS) is 15.9. The predicted octanol–water partition coefficient (Wildman–Crippen LogP) is 3.53. The number of fused-ring (bicyclic) bond motifs is 3. The van der Waals surface area contributed by atoms with Crippen LogP contribution in [-0.4, -0.2) is 25.2 Å². The van der Waals surface area contributed by atoms with Crippen molar-refractivity contribution >= 4 is 34.4 Å². The van der Waals surface area contributed by atoms with Gasteiger partial charge in [-0.25, -0.2) is 9.18 Å². The Morgan fingerprint density at radius 1 is 1.09 bits per heavy atom. The van der Waals surface area contributed by atoms with E-state index in [-0.39, 0.29) is 18.0 Å². The van der Waals surface area contributed by atoms with E-state index in [9.17, 15) is 14.0 Å². The molecule has 0 N–H and O–H groups in total. The summed E-state index contributed by atoms with van der Waals surface area (Å²) in [6, 6.07) is 13.6. The Bertz CT molecular complexity index is 1450. The number of imidazole rings is 1. The number of hydrogen-bond acceptors (Lipinski definition) is 4. The van der Waals surface area contributed by atoms with Gasteiger partial charge in [0.2, 0.25) is 5.95 Å². The van der Waals surface area contributed by atoms with Crippen molar-refractivity contribution in [2.75, 3.05) is 11.4 Å². The van der Waals surface area contributed by atoms with Crippen LogP contribution < -0.4 is 16.1 Å². The fourth-order valence-electron chi connectivity index (χ4n) is 4.28. The van der Waals surface area contributed by atoms with E-state index in [0.717, 1.165) is 10.3 Å². The van der Waals surface area contributed by atoms with Gasteiger partial charge < -0.3 is 9.47 Å². The number of halogens is 2. The van der Waals surface area contributed by atoms with Gasteiger partial charge in [-0.2, -0.15) is 4.98 Å². The third-order valence-electron chi connectivity index (χ3n) is 5.87. The van der Waals surface area contributed by atoms with Crippen LogP contribution >= 0.6 is 11.6 Å². The predicted molar refractivity (Wildman–Crippen MR) is 122 cm³/mol. The highest BCUT2D eigenvalue weighted by Gasteiger charge is 2.30. The van der Waals surface area contributed by atoms with E-state index in [2.05, 4.69) is 11.9 Å². The van der Waals surface area contributed by atoms with Crippen LogP contribution in [0.2, 0.25) is 5.02 Å². The van der Waals surface area contributed by atoms with Crippen molar-refractivity contribution in [3.8, 4) is 0 Å². The monoisotopic (exact) mass is 453 g/mol. The molecule has 1 aliphatic rings. The Balaban J connectivity index is 1.73. The summed E-state index contributed by atoms with van der Waals surface area (Å²) in [5.41, 5.74) is 0.814. The van der Waals surface area contributed by atoms with E-state index in [1.165, 1.54) is 10.6 Å². The second-order valence-corrected chi connectivity index (χ2v) is 8.65. The summed E-state index contributed by atoms with van der Waals surface area (Å²) in [4.78, 5) is 33.2.